The van der Waals surface area contributed by atoms with E-state index in [2.05, 4.69) is 13.8 Å². The van der Waals surface area contributed by atoms with Gasteiger partial charge < -0.3 is 0 Å². The number of hydrogen-bond acceptors (Lipinski definition) is 1. The van der Waals surface area contributed by atoms with Crippen LogP contribution in [0.1, 0.15) is 30.6 Å². The van der Waals surface area contributed by atoms with Gasteiger partial charge in [-0.15, -0.1) is 0 Å². The van der Waals surface area contributed by atoms with Crippen molar-refractivity contribution in [2.75, 3.05) is 0 Å². The van der Waals surface area contributed by atoms with Gasteiger partial charge in [-0.05, 0) is 36.1 Å². The van der Waals surface area contributed by atoms with Crippen LogP contribution in [-0.4, -0.2) is 5.78 Å². The Bertz CT molecular complexity index is 364. The molecule has 2 heteroatoms. The molecule has 0 radical (unpaired) electrons. The van der Waals surface area contributed by atoms with Crippen molar-refractivity contribution in [1.29, 1.82) is 0 Å². The third-order valence-electron chi connectivity index (χ3n) is 2.96. The van der Waals surface area contributed by atoms with E-state index >= 15 is 0 Å². The third-order valence-corrected chi connectivity index (χ3v) is 3.21. The van der Waals surface area contributed by atoms with Gasteiger partial charge in [-0.25, -0.2) is 0 Å². The van der Waals surface area contributed by atoms with Crippen molar-refractivity contribution in [3.63, 3.8) is 0 Å². The average molecular weight is 209 g/mol. The molecule has 1 nitrogen and oxygen atoms in total. The smallest absolute Gasteiger partial charge is 0.166 e. The van der Waals surface area contributed by atoms with Crippen LogP contribution in [0.5, 0.6) is 0 Å². The molecule has 0 aliphatic heterocycles. The predicted octanol–water partition coefficient (Wildman–Crippen LogP) is 3.57. The highest BCUT2D eigenvalue weighted by atomic mass is 35.5. The van der Waals surface area contributed by atoms with Gasteiger partial charge in [-0.2, -0.15) is 0 Å². The molecule has 2 rings (SSSR count). The summed E-state index contributed by atoms with van der Waals surface area (Å²) in [7, 11) is 0. The van der Waals surface area contributed by atoms with Gasteiger partial charge in [-0.3, -0.25) is 4.79 Å². The molecule has 1 aromatic rings. The maximum absolute atomic E-state index is 11.9. The Kier molecular flexibility index (Phi) is 2.15. The molecule has 0 bridgehead atoms. The Labute approximate surface area is 89.1 Å². The fourth-order valence-electron chi connectivity index (χ4n) is 1.73. The highest BCUT2D eigenvalue weighted by Crippen LogP contribution is 2.53. The molecule has 1 fully saturated rings. The van der Waals surface area contributed by atoms with Gasteiger partial charge in [0.1, 0.15) is 0 Å². The standard InChI is InChI=1S/C12H13ClO/c1-12(2)7-10(12)11(14)8-3-5-9(13)6-4-8/h3-6,10H,7H2,1-2H3. The lowest BCUT2D eigenvalue weighted by atomic mass is 10.0. The minimum absolute atomic E-state index is 0.205. The number of carbonyl (C=O) groups is 1. The van der Waals surface area contributed by atoms with Gasteiger partial charge in [0.25, 0.3) is 0 Å². The molecule has 0 saturated heterocycles. The van der Waals surface area contributed by atoms with E-state index in [0.29, 0.717) is 5.02 Å². The minimum atomic E-state index is 0.205. The first kappa shape index (κ1) is 9.72. The topological polar surface area (TPSA) is 17.1 Å². The monoisotopic (exact) mass is 208 g/mol. The lowest BCUT2D eigenvalue weighted by Gasteiger charge is -2.02. The summed E-state index contributed by atoms with van der Waals surface area (Å²) in [5.74, 6) is 0.468. The molecule has 1 aliphatic rings. The SMILES string of the molecule is CC1(C)CC1C(=O)c1ccc(Cl)cc1. The molecule has 14 heavy (non-hydrogen) atoms. The molecule has 1 saturated carbocycles. The van der Waals surface area contributed by atoms with Crippen LogP contribution in [0.2, 0.25) is 5.02 Å². The number of hydrogen-bond donors (Lipinski definition) is 0. The van der Waals surface area contributed by atoms with E-state index in [1.807, 2.05) is 0 Å². The minimum Gasteiger partial charge on any atom is -0.294 e. The molecule has 1 aliphatic carbocycles. The van der Waals surface area contributed by atoms with Gasteiger partial charge in [0.05, 0.1) is 0 Å². The van der Waals surface area contributed by atoms with E-state index in [1.54, 1.807) is 24.3 Å². The van der Waals surface area contributed by atoms with Crippen LogP contribution < -0.4 is 0 Å². The Hall–Kier alpha value is -0.820. The predicted molar refractivity (Wildman–Crippen MR) is 57.7 cm³/mol. The normalized spacial score (nSPS) is 23.2. The number of ketones is 1. The molecule has 0 amide bonds. The molecule has 0 heterocycles. The Balaban J connectivity index is 2.17. The van der Waals surface area contributed by atoms with E-state index < -0.39 is 0 Å². The van der Waals surface area contributed by atoms with Crippen LogP contribution in [0.4, 0.5) is 0 Å². The first-order valence-electron chi connectivity index (χ1n) is 4.80. The van der Waals surface area contributed by atoms with Crippen LogP contribution in [0.3, 0.4) is 0 Å². The maximum Gasteiger partial charge on any atom is 0.166 e. The summed E-state index contributed by atoms with van der Waals surface area (Å²) >= 11 is 5.76. The fraction of sp³-hybridized carbons (Fsp3) is 0.417. The van der Waals surface area contributed by atoms with Gasteiger partial charge in [0.15, 0.2) is 5.78 Å². The molecule has 1 atom stereocenters. The van der Waals surface area contributed by atoms with Crippen molar-refractivity contribution in [3.05, 3.63) is 34.9 Å². The average Bonchev–Trinajstić information content (AvgIpc) is 2.75. The molecule has 0 aromatic heterocycles. The van der Waals surface area contributed by atoms with Crippen LogP contribution in [0.25, 0.3) is 0 Å². The zero-order chi connectivity index (χ0) is 10.3. The summed E-state index contributed by atoms with van der Waals surface area (Å²) in [6.07, 6.45) is 1.01. The van der Waals surface area contributed by atoms with Crippen LogP contribution in [0.15, 0.2) is 24.3 Å². The van der Waals surface area contributed by atoms with E-state index in [4.69, 9.17) is 11.6 Å². The summed E-state index contributed by atoms with van der Waals surface area (Å²) in [5.41, 5.74) is 0.987. The molecule has 0 N–H and O–H groups in total. The number of rotatable bonds is 2. The lowest BCUT2D eigenvalue weighted by Crippen LogP contribution is -2.05. The van der Waals surface area contributed by atoms with Gasteiger partial charge >= 0.3 is 0 Å². The summed E-state index contributed by atoms with van der Waals surface area (Å²) in [4.78, 5) is 11.9. The molecule has 1 unspecified atom stereocenters. The number of Topliss-reactive ketones (excluding diaryl/α,β-unsaturated/α-hetero) is 1. The van der Waals surface area contributed by atoms with Crippen molar-refractivity contribution in [1.82, 2.24) is 0 Å². The zero-order valence-electron chi connectivity index (χ0n) is 8.38. The van der Waals surface area contributed by atoms with E-state index in [1.165, 1.54) is 0 Å². The second-order valence-electron chi connectivity index (χ2n) is 4.62. The number of benzene rings is 1. The second-order valence-corrected chi connectivity index (χ2v) is 5.05. The molecular weight excluding hydrogens is 196 g/mol. The van der Waals surface area contributed by atoms with Crippen molar-refractivity contribution >= 4 is 17.4 Å². The highest BCUT2D eigenvalue weighted by molar-refractivity contribution is 6.30. The Morgan fingerprint density at radius 1 is 1.36 bits per heavy atom. The quantitative estimate of drug-likeness (QED) is 0.680. The summed E-state index contributed by atoms with van der Waals surface area (Å²) < 4.78 is 0. The van der Waals surface area contributed by atoms with Crippen molar-refractivity contribution in [3.8, 4) is 0 Å². The Morgan fingerprint density at radius 3 is 2.29 bits per heavy atom. The van der Waals surface area contributed by atoms with Crippen molar-refractivity contribution in [2.45, 2.75) is 20.3 Å². The van der Waals surface area contributed by atoms with E-state index in [0.717, 1.165) is 12.0 Å². The van der Waals surface area contributed by atoms with Crippen molar-refractivity contribution < 1.29 is 4.79 Å². The van der Waals surface area contributed by atoms with Gasteiger partial charge in [-0.1, -0.05) is 25.4 Å². The highest BCUT2D eigenvalue weighted by Gasteiger charge is 2.50. The molecule has 0 spiro atoms. The third kappa shape index (κ3) is 1.69. The zero-order valence-corrected chi connectivity index (χ0v) is 9.14. The van der Waals surface area contributed by atoms with Crippen molar-refractivity contribution in [2.24, 2.45) is 11.3 Å². The van der Waals surface area contributed by atoms with E-state index in [-0.39, 0.29) is 17.1 Å². The largest absolute Gasteiger partial charge is 0.294 e. The van der Waals surface area contributed by atoms with Gasteiger partial charge in [0.2, 0.25) is 0 Å². The summed E-state index contributed by atoms with van der Waals surface area (Å²) in [5, 5.41) is 0.677. The number of halogens is 1. The first-order valence-corrected chi connectivity index (χ1v) is 5.18. The Morgan fingerprint density at radius 2 is 1.86 bits per heavy atom. The van der Waals surface area contributed by atoms with Crippen LogP contribution >= 0.6 is 11.6 Å². The molecular formula is C12H13ClO. The first-order chi connectivity index (χ1) is 6.50. The maximum atomic E-state index is 11.9. The second kappa shape index (κ2) is 3.09. The summed E-state index contributed by atoms with van der Waals surface area (Å²) in [6, 6.07) is 7.15. The fourth-order valence-corrected chi connectivity index (χ4v) is 1.86. The summed E-state index contributed by atoms with van der Waals surface area (Å²) in [6.45, 7) is 4.26. The van der Waals surface area contributed by atoms with Gasteiger partial charge in [0, 0.05) is 16.5 Å². The lowest BCUT2D eigenvalue weighted by molar-refractivity contribution is 0.0953. The molecule has 74 valence electrons. The molecule has 1 aromatic carbocycles. The van der Waals surface area contributed by atoms with E-state index in [9.17, 15) is 4.79 Å². The van der Waals surface area contributed by atoms with Crippen LogP contribution in [0, 0.1) is 11.3 Å². The number of carbonyl (C=O) groups excluding carboxylic acids is 1. The van der Waals surface area contributed by atoms with Crippen LogP contribution in [-0.2, 0) is 0 Å².